The predicted molar refractivity (Wildman–Crippen MR) is 86.2 cm³/mol. The summed E-state index contributed by atoms with van der Waals surface area (Å²) in [4.78, 5) is 22.9. The monoisotopic (exact) mass is 333 g/mol. The lowest BCUT2D eigenvalue weighted by molar-refractivity contribution is -0.118. The van der Waals surface area contributed by atoms with E-state index < -0.39 is 5.97 Å². The smallest absolute Gasteiger partial charge is 0.371 e. The van der Waals surface area contributed by atoms with Crippen LogP contribution in [-0.2, 0) is 14.3 Å². The van der Waals surface area contributed by atoms with Crippen molar-refractivity contribution in [2.24, 2.45) is 0 Å². The predicted octanol–water partition coefficient (Wildman–Crippen LogP) is 2.66. The molecular weight excluding hydrogens is 314 g/mol. The van der Waals surface area contributed by atoms with Gasteiger partial charge in [0.05, 0.1) is 19.1 Å². The highest BCUT2D eigenvalue weighted by atomic mass is 16.5. The van der Waals surface area contributed by atoms with Crippen molar-refractivity contribution in [1.29, 1.82) is 0 Å². The molecule has 2 heterocycles. The Hall–Kier alpha value is -2.38. The van der Waals surface area contributed by atoms with E-state index in [9.17, 15) is 9.59 Å². The van der Waals surface area contributed by atoms with Crippen LogP contribution in [0, 0.1) is 0 Å². The van der Waals surface area contributed by atoms with Crippen LogP contribution in [0.15, 0.2) is 28.7 Å². The number of carbonyl (C=O) groups is 2. The second-order valence-corrected chi connectivity index (χ2v) is 5.65. The first-order chi connectivity index (χ1) is 11.6. The standard InChI is InChI=1S/C17H19NO6/c19-16(5-8-23-13-3-6-22-7-4-13)18-12-1-2-14-11(9-12)10-15(24-14)17(20)21/h1-2,9-10,13H,3-8H2,(H,18,19)(H,20,21). The number of ether oxygens (including phenoxy) is 2. The third kappa shape index (κ3) is 4.12. The zero-order chi connectivity index (χ0) is 16.9. The Kier molecular flexibility index (Phi) is 5.12. The van der Waals surface area contributed by atoms with Gasteiger partial charge in [-0.2, -0.15) is 0 Å². The lowest BCUT2D eigenvalue weighted by atomic mass is 10.1. The van der Waals surface area contributed by atoms with E-state index in [1.165, 1.54) is 6.07 Å². The minimum Gasteiger partial charge on any atom is -0.475 e. The molecule has 0 saturated carbocycles. The number of carbonyl (C=O) groups excluding carboxylic acids is 1. The van der Waals surface area contributed by atoms with Gasteiger partial charge in [-0.25, -0.2) is 4.79 Å². The topological polar surface area (TPSA) is 98.0 Å². The first-order valence-corrected chi connectivity index (χ1v) is 7.88. The first-order valence-electron chi connectivity index (χ1n) is 7.88. The lowest BCUT2D eigenvalue weighted by Gasteiger charge is -2.22. The summed E-state index contributed by atoms with van der Waals surface area (Å²) in [5, 5.41) is 12.3. The molecule has 2 aromatic rings. The van der Waals surface area contributed by atoms with E-state index in [4.69, 9.17) is 19.0 Å². The van der Waals surface area contributed by atoms with Gasteiger partial charge >= 0.3 is 5.97 Å². The van der Waals surface area contributed by atoms with Gasteiger partial charge in [-0.15, -0.1) is 0 Å². The molecule has 1 fully saturated rings. The molecule has 1 aliphatic heterocycles. The van der Waals surface area contributed by atoms with E-state index in [1.807, 2.05) is 0 Å². The van der Waals surface area contributed by atoms with Crippen LogP contribution < -0.4 is 5.32 Å². The number of fused-ring (bicyclic) bond motifs is 1. The van der Waals surface area contributed by atoms with Crippen molar-refractivity contribution in [1.82, 2.24) is 0 Å². The quantitative estimate of drug-likeness (QED) is 0.843. The van der Waals surface area contributed by atoms with Crippen molar-refractivity contribution < 1.29 is 28.6 Å². The van der Waals surface area contributed by atoms with Gasteiger partial charge in [-0.1, -0.05) is 0 Å². The third-order valence-corrected chi connectivity index (χ3v) is 3.86. The number of nitrogens with one attached hydrogen (secondary N) is 1. The number of benzene rings is 1. The van der Waals surface area contributed by atoms with Gasteiger partial charge in [0.2, 0.25) is 11.7 Å². The molecule has 128 valence electrons. The lowest BCUT2D eigenvalue weighted by Crippen LogP contribution is -2.25. The van der Waals surface area contributed by atoms with Crippen molar-refractivity contribution in [3.63, 3.8) is 0 Å². The Bertz CT molecular complexity index is 732. The maximum Gasteiger partial charge on any atom is 0.371 e. The average molecular weight is 333 g/mol. The van der Waals surface area contributed by atoms with Gasteiger partial charge in [-0.3, -0.25) is 4.79 Å². The molecular formula is C17H19NO6. The van der Waals surface area contributed by atoms with Crippen LogP contribution in [0.2, 0.25) is 0 Å². The van der Waals surface area contributed by atoms with Crippen LogP contribution in [-0.4, -0.2) is 42.9 Å². The van der Waals surface area contributed by atoms with Crippen LogP contribution in [0.25, 0.3) is 11.0 Å². The maximum atomic E-state index is 12.0. The maximum absolute atomic E-state index is 12.0. The summed E-state index contributed by atoms with van der Waals surface area (Å²) in [6.45, 7) is 1.79. The van der Waals surface area contributed by atoms with Gasteiger partial charge in [0.25, 0.3) is 0 Å². The molecule has 1 saturated heterocycles. The zero-order valence-electron chi connectivity index (χ0n) is 13.1. The van der Waals surface area contributed by atoms with E-state index in [1.54, 1.807) is 18.2 Å². The van der Waals surface area contributed by atoms with Gasteiger partial charge < -0.3 is 24.3 Å². The molecule has 7 heteroatoms. The minimum atomic E-state index is -1.12. The molecule has 0 atom stereocenters. The fourth-order valence-corrected chi connectivity index (χ4v) is 2.61. The van der Waals surface area contributed by atoms with E-state index in [0.717, 1.165) is 12.8 Å². The molecule has 7 nitrogen and oxygen atoms in total. The molecule has 3 rings (SSSR count). The Morgan fingerprint density at radius 1 is 1.25 bits per heavy atom. The van der Waals surface area contributed by atoms with Gasteiger partial charge in [-0.05, 0) is 37.1 Å². The molecule has 0 spiro atoms. The van der Waals surface area contributed by atoms with E-state index in [0.29, 0.717) is 36.5 Å². The van der Waals surface area contributed by atoms with Crippen LogP contribution in [0.5, 0.6) is 0 Å². The third-order valence-electron chi connectivity index (χ3n) is 3.86. The number of amides is 1. The van der Waals surface area contributed by atoms with Crippen molar-refractivity contribution in [2.75, 3.05) is 25.1 Å². The number of anilines is 1. The summed E-state index contributed by atoms with van der Waals surface area (Å²) >= 11 is 0. The molecule has 24 heavy (non-hydrogen) atoms. The minimum absolute atomic E-state index is 0.127. The van der Waals surface area contributed by atoms with Crippen molar-refractivity contribution in [3.05, 3.63) is 30.0 Å². The van der Waals surface area contributed by atoms with Crippen molar-refractivity contribution >= 4 is 28.5 Å². The molecule has 0 unspecified atom stereocenters. The molecule has 0 bridgehead atoms. The fraction of sp³-hybridized carbons (Fsp3) is 0.412. The number of carboxylic acid groups (broad SMARTS) is 1. The van der Waals surface area contributed by atoms with Gasteiger partial charge in [0.15, 0.2) is 0 Å². The summed E-state index contributed by atoms with van der Waals surface area (Å²) in [5.74, 6) is -1.40. The highest BCUT2D eigenvalue weighted by Gasteiger charge is 2.15. The summed E-state index contributed by atoms with van der Waals surface area (Å²) in [7, 11) is 0. The van der Waals surface area contributed by atoms with Crippen LogP contribution in [0.3, 0.4) is 0 Å². The largest absolute Gasteiger partial charge is 0.475 e. The summed E-state index contributed by atoms with van der Waals surface area (Å²) in [6, 6.07) is 6.43. The van der Waals surface area contributed by atoms with Gasteiger partial charge in [0.1, 0.15) is 5.58 Å². The van der Waals surface area contributed by atoms with Crippen LogP contribution >= 0.6 is 0 Å². The number of rotatable bonds is 6. The molecule has 1 aromatic heterocycles. The Labute approximate surface area is 138 Å². The Balaban J connectivity index is 1.52. The normalized spacial score (nSPS) is 15.5. The molecule has 0 aliphatic carbocycles. The van der Waals surface area contributed by atoms with E-state index >= 15 is 0 Å². The number of hydrogen-bond acceptors (Lipinski definition) is 5. The number of aromatic carboxylic acids is 1. The summed E-state index contributed by atoms with van der Waals surface area (Å²) in [6.07, 6.45) is 2.17. The van der Waals surface area contributed by atoms with Crippen molar-refractivity contribution in [2.45, 2.75) is 25.4 Å². The van der Waals surface area contributed by atoms with Crippen LogP contribution in [0.1, 0.15) is 29.8 Å². The number of carboxylic acids is 1. The zero-order valence-corrected chi connectivity index (χ0v) is 13.1. The molecule has 2 N–H and O–H groups in total. The Morgan fingerprint density at radius 3 is 2.79 bits per heavy atom. The second-order valence-electron chi connectivity index (χ2n) is 5.65. The summed E-state index contributed by atoms with van der Waals surface area (Å²) < 4.78 is 16.1. The Morgan fingerprint density at radius 2 is 2.04 bits per heavy atom. The van der Waals surface area contributed by atoms with Gasteiger partial charge in [0, 0.05) is 24.3 Å². The molecule has 0 radical (unpaired) electrons. The van der Waals surface area contributed by atoms with Crippen LogP contribution in [0.4, 0.5) is 5.69 Å². The second kappa shape index (κ2) is 7.46. The fourth-order valence-electron chi connectivity index (χ4n) is 2.61. The number of hydrogen-bond donors (Lipinski definition) is 2. The highest BCUT2D eigenvalue weighted by molar-refractivity contribution is 5.95. The number of furan rings is 1. The van der Waals surface area contributed by atoms with E-state index in [2.05, 4.69) is 5.32 Å². The summed E-state index contributed by atoms with van der Waals surface area (Å²) in [5.41, 5.74) is 1.06. The molecule has 1 aromatic carbocycles. The first kappa shape index (κ1) is 16.5. The SMILES string of the molecule is O=C(CCOC1CCOCC1)Nc1ccc2oc(C(=O)O)cc2c1. The van der Waals surface area contributed by atoms with Crippen molar-refractivity contribution in [3.8, 4) is 0 Å². The van der Waals surface area contributed by atoms with E-state index in [-0.39, 0.29) is 24.2 Å². The molecule has 1 amide bonds. The average Bonchev–Trinajstić information content (AvgIpc) is 2.99. The highest BCUT2D eigenvalue weighted by Crippen LogP contribution is 2.23. The molecule has 1 aliphatic rings.